The minimum Gasteiger partial charge on any atom is -0.347 e. The number of aromatic nitrogens is 1. The Labute approximate surface area is 74.2 Å². The highest BCUT2D eigenvalue weighted by molar-refractivity contribution is 5.35. The zero-order valence-electron chi connectivity index (χ0n) is 7.99. The van der Waals surface area contributed by atoms with Crippen LogP contribution in [0.15, 0.2) is 24.4 Å². The second-order valence-corrected chi connectivity index (χ2v) is 2.07. The Balaban J connectivity index is 0.000000561. The van der Waals surface area contributed by atoms with Gasteiger partial charge in [-0.15, -0.1) is 0 Å². The van der Waals surface area contributed by atoms with Crippen LogP contribution in [0.5, 0.6) is 0 Å². The molecule has 3 heteroatoms. The van der Waals surface area contributed by atoms with Crippen LogP contribution in [0, 0.1) is 0 Å². The number of hydrogen-bond acceptors (Lipinski definition) is 3. The largest absolute Gasteiger partial charge is 0.347 e. The highest BCUT2D eigenvalue weighted by Gasteiger charge is 1.94. The zero-order chi connectivity index (χ0) is 9.40. The molecule has 0 aromatic carbocycles. The second-order valence-electron chi connectivity index (χ2n) is 2.07. The minimum absolute atomic E-state index is 0.497. The quantitative estimate of drug-likeness (QED) is 0.678. The van der Waals surface area contributed by atoms with Gasteiger partial charge in [-0.1, -0.05) is 19.9 Å². The predicted molar refractivity (Wildman–Crippen MR) is 53.0 cm³/mol. The molecule has 1 aromatic heterocycles. The van der Waals surface area contributed by atoms with E-state index in [9.17, 15) is 0 Å². The van der Waals surface area contributed by atoms with Gasteiger partial charge in [-0.25, -0.2) is 4.98 Å². The Morgan fingerprint density at radius 3 is 2.50 bits per heavy atom. The number of hydrogen-bond donors (Lipinski definition) is 1. The smallest absolute Gasteiger partial charge is 0.129 e. The van der Waals surface area contributed by atoms with E-state index in [1.165, 1.54) is 0 Å². The van der Waals surface area contributed by atoms with E-state index < -0.39 is 0 Å². The molecule has 1 aromatic rings. The third kappa shape index (κ3) is 3.34. The fourth-order valence-electron chi connectivity index (χ4n) is 0.673. The Bertz CT molecular complexity index is 186. The lowest BCUT2D eigenvalue weighted by Gasteiger charge is -2.13. The summed E-state index contributed by atoms with van der Waals surface area (Å²) in [4.78, 5) is 5.97. The normalized spacial score (nSPS) is 8.33. The van der Waals surface area contributed by atoms with Gasteiger partial charge in [0.1, 0.15) is 5.82 Å². The maximum absolute atomic E-state index is 5.39. The van der Waals surface area contributed by atoms with Crippen LogP contribution in [0.1, 0.15) is 13.8 Å². The van der Waals surface area contributed by atoms with Gasteiger partial charge in [-0.3, -0.25) is 0 Å². The van der Waals surface area contributed by atoms with E-state index in [2.05, 4.69) is 4.98 Å². The van der Waals surface area contributed by atoms with E-state index >= 15 is 0 Å². The van der Waals surface area contributed by atoms with Crippen LogP contribution in [-0.2, 0) is 0 Å². The molecule has 0 fully saturated rings. The van der Waals surface area contributed by atoms with Gasteiger partial charge in [-0.2, -0.15) is 0 Å². The summed E-state index contributed by atoms with van der Waals surface area (Å²) >= 11 is 0. The molecular weight excluding hydrogens is 150 g/mol. The van der Waals surface area contributed by atoms with Crippen molar-refractivity contribution in [1.29, 1.82) is 0 Å². The first-order valence-electron chi connectivity index (χ1n) is 4.17. The molecule has 12 heavy (non-hydrogen) atoms. The van der Waals surface area contributed by atoms with Crippen LogP contribution in [0.25, 0.3) is 0 Å². The molecule has 0 spiro atoms. The second kappa shape index (κ2) is 6.61. The lowest BCUT2D eigenvalue weighted by molar-refractivity contribution is 0.908. The summed E-state index contributed by atoms with van der Waals surface area (Å²) in [7, 11) is 1.91. The molecular formula is C9H17N3. The van der Waals surface area contributed by atoms with E-state index in [1.54, 1.807) is 6.20 Å². The predicted octanol–water partition coefficient (Wildman–Crippen LogP) is 1.46. The Hall–Kier alpha value is -1.09. The van der Waals surface area contributed by atoms with Crippen molar-refractivity contribution in [1.82, 2.24) is 4.98 Å². The summed E-state index contributed by atoms with van der Waals surface area (Å²) in [6, 6.07) is 5.75. The van der Waals surface area contributed by atoms with E-state index in [4.69, 9.17) is 5.73 Å². The van der Waals surface area contributed by atoms with Crippen molar-refractivity contribution in [2.75, 3.05) is 18.6 Å². The molecule has 0 atom stereocenters. The third-order valence-corrected chi connectivity index (χ3v) is 1.31. The van der Waals surface area contributed by atoms with Crippen LogP contribution in [-0.4, -0.2) is 18.7 Å². The molecule has 1 rings (SSSR count). The number of pyridine rings is 1. The lowest BCUT2D eigenvalue weighted by Crippen LogP contribution is -2.25. The highest BCUT2D eigenvalue weighted by Crippen LogP contribution is 2.03. The Morgan fingerprint density at radius 1 is 1.42 bits per heavy atom. The number of nitrogens with zero attached hydrogens (tertiary/aromatic N) is 2. The van der Waals surface area contributed by atoms with Crippen LogP contribution in [0.2, 0.25) is 0 Å². The number of nitrogens with two attached hydrogens (primary N) is 1. The van der Waals surface area contributed by atoms with Crippen molar-refractivity contribution in [2.24, 2.45) is 5.73 Å². The van der Waals surface area contributed by atoms with Gasteiger partial charge in [0, 0.05) is 13.2 Å². The van der Waals surface area contributed by atoms with E-state index in [1.807, 2.05) is 44.0 Å². The van der Waals surface area contributed by atoms with Gasteiger partial charge in [-0.05, 0) is 12.1 Å². The van der Waals surface area contributed by atoms with Crippen LogP contribution >= 0.6 is 0 Å². The molecule has 0 amide bonds. The molecule has 68 valence electrons. The van der Waals surface area contributed by atoms with Gasteiger partial charge in [0.2, 0.25) is 0 Å². The van der Waals surface area contributed by atoms with Crippen molar-refractivity contribution in [2.45, 2.75) is 13.8 Å². The van der Waals surface area contributed by atoms with Gasteiger partial charge >= 0.3 is 0 Å². The van der Waals surface area contributed by atoms with Gasteiger partial charge in [0.25, 0.3) is 0 Å². The molecule has 3 nitrogen and oxygen atoms in total. The van der Waals surface area contributed by atoms with Crippen molar-refractivity contribution in [3.8, 4) is 0 Å². The SMILES string of the molecule is CC.CN(CN)c1ccccn1. The third-order valence-electron chi connectivity index (χ3n) is 1.31. The summed E-state index contributed by atoms with van der Waals surface area (Å²) < 4.78 is 0. The summed E-state index contributed by atoms with van der Waals surface area (Å²) in [6.07, 6.45) is 1.75. The molecule has 0 bridgehead atoms. The Morgan fingerprint density at radius 2 is 2.08 bits per heavy atom. The highest BCUT2D eigenvalue weighted by atomic mass is 15.2. The maximum Gasteiger partial charge on any atom is 0.129 e. The summed E-state index contributed by atoms with van der Waals surface area (Å²) in [5, 5.41) is 0. The van der Waals surface area contributed by atoms with E-state index in [0.717, 1.165) is 5.82 Å². The van der Waals surface area contributed by atoms with Crippen LogP contribution in [0.3, 0.4) is 0 Å². The monoisotopic (exact) mass is 167 g/mol. The summed E-state index contributed by atoms with van der Waals surface area (Å²) in [6.45, 7) is 4.50. The molecule has 0 saturated carbocycles. The zero-order valence-corrected chi connectivity index (χ0v) is 7.99. The van der Waals surface area contributed by atoms with Gasteiger partial charge in [0.15, 0.2) is 0 Å². The molecule has 2 N–H and O–H groups in total. The average Bonchev–Trinajstić information content (AvgIpc) is 2.21. The first-order valence-corrected chi connectivity index (χ1v) is 4.17. The van der Waals surface area contributed by atoms with Crippen molar-refractivity contribution >= 4 is 5.82 Å². The van der Waals surface area contributed by atoms with E-state index in [0.29, 0.717) is 6.67 Å². The molecule has 0 radical (unpaired) electrons. The fourth-order valence-corrected chi connectivity index (χ4v) is 0.673. The topological polar surface area (TPSA) is 42.1 Å². The molecule has 0 unspecified atom stereocenters. The molecule has 0 saturated heterocycles. The van der Waals surface area contributed by atoms with Gasteiger partial charge < -0.3 is 10.6 Å². The van der Waals surface area contributed by atoms with Crippen molar-refractivity contribution in [3.63, 3.8) is 0 Å². The molecule has 0 aliphatic rings. The standard InChI is InChI=1S/C7H11N3.C2H6/c1-10(6-8)7-4-2-3-5-9-7;1-2/h2-5H,6,8H2,1H3;1-2H3. The van der Waals surface area contributed by atoms with Gasteiger partial charge in [0.05, 0.1) is 6.67 Å². The van der Waals surface area contributed by atoms with E-state index in [-0.39, 0.29) is 0 Å². The Kier molecular flexibility index (Phi) is 6.01. The number of rotatable bonds is 2. The first kappa shape index (κ1) is 10.9. The summed E-state index contributed by atoms with van der Waals surface area (Å²) in [5.74, 6) is 0.907. The molecule has 0 aliphatic heterocycles. The average molecular weight is 167 g/mol. The molecule has 1 heterocycles. The van der Waals surface area contributed by atoms with Crippen LogP contribution < -0.4 is 10.6 Å². The lowest BCUT2D eigenvalue weighted by atomic mass is 10.4. The van der Waals surface area contributed by atoms with Crippen molar-refractivity contribution < 1.29 is 0 Å². The maximum atomic E-state index is 5.39. The number of anilines is 1. The summed E-state index contributed by atoms with van der Waals surface area (Å²) in [5.41, 5.74) is 5.39. The fraction of sp³-hybridized carbons (Fsp3) is 0.444. The van der Waals surface area contributed by atoms with Crippen LogP contribution in [0.4, 0.5) is 5.82 Å². The first-order chi connectivity index (χ1) is 5.84. The minimum atomic E-state index is 0.497. The van der Waals surface area contributed by atoms with Crippen molar-refractivity contribution in [3.05, 3.63) is 24.4 Å². The molecule has 0 aliphatic carbocycles.